The molecule has 0 atom stereocenters. The van der Waals surface area contributed by atoms with Crippen LogP contribution in [0.25, 0.3) is 10.9 Å². The van der Waals surface area contributed by atoms with Crippen molar-refractivity contribution in [2.45, 2.75) is 0 Å². The molecule has 0 aliphatic heterocycles. The number of benzene rings is 2. The molecule has 0 bridgehead atoms. The van der Waals surface area contributed by atoms with Crippen molar-refractivity contribution in [3.63, 3.8) is 0 Å². The van der Waals surface area contributed by atoms with Crippen LogP contribution in [0.2, 0.25) is 10.0 Å². The van der Waals surface area contributed by atoms with Crippen molar-refractivity contribution < 1.29 is 14.0 Å². The van der Waals surface area contributed by atoms with Crippen LogP contribution < -0.4 is 10.6 Å². The zero-order valence-corrected chi connectivity index (χ0v) is 15.8. The van der Waals surface area contributed by atoms with Crippen LogP contribution in [-0.4, -0.2) is 16.8 Å². The SMILES string of the molecule is O=C(Nc1cc(Cl)ccc1NC(=O)c1[nH]c2ccccc2c1Cl)c1ccco1. The Balaban J connectivity index is 1.63. The fourth-order valence-electron chi connectivity index (χ4n) is 2.77. The summed E-state index contributed by atoms with van der Waals surface area (Å²) in [6.45, 7) is 0. The van der Waals surface area contributed by atoms with Gasteiger partial charge in [-0.1, -0.05) is 41.4 Å². The number of carbonyl (C=O) groups is 2. The highest BCUT2D eigenvalue weighted by Crippen LogP contribution is 2.30. The van der Waals surface area contributed by atoms with E-state index in [0.717, 1.165) is 10.9 Å². The normalized spacial score (nSPS) is 10.8. The summed E-state index contributed by atoms with van der Waals surface area (Å²) in [5.41, 5.74) is 1.67. The summed E-state index contributed by atoms with van der Waals surface area (Å²) in [5, 5.41) is 6.89. The van der Waals surface area contributed by atoms with Gasteiger partial charge in [0.15, 0.2) is 5.76 Å². The number of carbonyl (C=O) groups excluding carboxylic acids is 2. The van der Waals surface area contributed by atoms with Crippen molar-refractivity contribution in [3.05, 3.63) is 82.4 Å². The molecule has 6 nitrogen and oxygen atoms in total. The van der Waals surface area contributed by atoms with E-state index in [1.165, 1.54) is 18.4 Å². The Labute approximate surface area is 169 Å². The molecule has 0 fully saturated rings. The molecule has 2 aromatic heterocycles. The molecule has 28 heavy (non-hydrogen) atoms. The second kappa shape index (κ2) is 7.42. The molecule has 2 aromatic carbocycles. The number of para-hydroxylation sites is 1. The molecule has 3 N–H and O–H groups in total. The second-order valence-corrected chi connectivity index (χ2v) is 6.75. The smallest absolute Gasteiger partial charge is 0.291 e. The minimum absolute atomic E-state index is 0.135. The van der Waals surface area contributed by atoms with Gasteiger partial charge in [-0.05, 0) is 36.4 Å². The highest BCUT2D eigenvalue weighted by atomic mass is 35.5. The number of H-pyrrole nitrogens is 1. The van der Waals surface area contributed by atoms with E-state index >= 15 is 0 Å². The molecule has 4 rings (SSSR count). The van der Waals surface area contributed by atoms with Gasteiger partial charge in [-0.2, -0.15) is 0 Å². The van der Waals surface area contributed by atoms with Crippen LogP contribution in [0.1, 0.15) is 21.0 Å². The van der Waals surface area contributed by atoms with Crippen LogP contribution in [-0.2, 0) is 0 Å². The van der Waals surface area contributed by atoms with E-state index in [2.05, 4.69) is 15.6 Å². The monoisotopic (exact) mass is 413 g/mol. The Morgan fingerprint density at radius 2 is 1.68 bits per heavy atom. The molecule has 0 radical (unpaired) electrons. The van der Waals surface area contributed by atoms with E-state index in [1.54, 1.807) is 18.2 Å². The molecule has 0 saturated carbocycles. The third-order valence-electron chi connectivity index (χ3n) is 4.09. The highest BCUT2D eigenvalue weighted by molar-refractivity contribution is 6.39. The van der Waals surface area contributed by atoms with E-state index in [9.17, 15) is 9.59 Å². The summed E-state index contributed by atoms with van der Waals surface area (Å²) in [6, 6.07) is 15.2. The number of furan rings is 1. The van der Waals surface area contributed by atoms with E-state index in [0.29, 0.717) is 21.4 Å². The van der Waals surface area contributed by atoms with Gasteiger partial charge in [0.25, 0.3) is 11.8 Å². The number of nitrogens with one attached hydrogen (secondary N) is 3. The molecule has 0 saturated heterocycles. The first kappa shape index (κ1) is 18.2. The number of fused-ring (bicyclic) bond motifs is 1. The van der Waals surface area contributed by atoms with Gasteiger partial charge in [-0.15, -0.1) is 0 Å². The predicted octanol–water partition coefficient (Wildman–Crippen LogP) is 5.57. The number of rotatable bonds is 4. The van der Waals surface area contributed by atoms with Crippen molar-refractivity contribution in [3.8, 4) is 0 Å². The largest absolute Gasteiger partial charge is 0.459 e. The van der Waals surface area contributed by atoms with Gasteiger partial charge in [0.2, 0.25) is 0 Å². The van der Waals surface area contributed by atoms with Crippen molar-refractivity contribution in [1.29, 1.82) is 0 Å². The maximum Gasteiger partial charge on any atom is 0.291 e. The van der Waals surface area contributed by atoms with Crippen LogP contribution >= 0.6 is 23.2 Å². The third-order valence-corrected chi connectivity index (χ3v) is 4.72. The molecule has 2 heterocycles. The third kappa shape index (κ3) is 3.47. The molecule has 0 aliphatic carbocycles. The zero-order valence-electron chi connectivity index (χ0n) is 14.3. The number of halogens is 2. The summed E-state index contributed by atoms with van der Waals surface area (Å²) >= 11 is 12.4. The lowest BCUT2D eigenvalue weighted by molar-refractivity contribution is 0.0993. The van der Waals surface area contributed by atoms with Crippen molar-refractivity contribution >= 4 is 57.3 Å². The highest BCUT2D eigenvalue weighted by Gasteiger charge is 2.19. The van der Waals surface area contributed by atoms with Crippen molar-refractivity contribution in [2.24, 2.45) is 0 Å². The van der Waals surface area contributed by atoms with E-state index in [4.69, 9.17) is 27.6 Å². The lowest BCUT2D eigenvalue weighted by atomic mass is 10.2. The average Bonchev–Trinajstić information content (AvgIpc) is 3.33. The predicted molar refractivity (Wildman–Crippen MR) is 109 cm³/mol. The maximum atomic E-state index is 12.8. The molecule has 0 aliphatic rings. The average molecular weight is 414 g/mol. The number of hydrogen-bond donors (Lipinski definition) is 3. The van der Waals surface area contributed by atoms with Gasteiger partial charge in [0.1, 0.15) is 5.69 Å². The standard InChI is InChI=1S/C20H13Cl2N3O3/c21-11-7-8-14(15(10-11)25-19(26)16-6-3-9-28-16)24-20(27)18-17(22)12-4-1-2-5-13(12)23-18/h1-10,23H,(H,24,27)(H,25,26). The minimum atomic E-state index is -0.466. The molecular weight excluding hydrogens is 401 g/mol. The fourth-order valence-corrected chi connectivity index (χ4v) is 3.24. The molecule has 2 amide bonds. The van der Waals surface area contributed by atoms with E-state index in [1.807, 2.05) is 24.3 Å². The van der Waals surface area contributed by atoms with E-state index in [-0.39, 0.29) is 11.5 Å². The Morgan fingerprint density at radius 3 is 2.43 bits per heavy atom. The lowest BCUT2D eigenvalue weighted by Gasteiger charge is -2.12. The Kier molecular flexibility index (Phi) is 4.81. The van der Waals surface area contributed by atoms with Crippen LogP contribution in [0.4, 0.5) is 11.4 Å². The van der Waals surface area contributed by atoms with Crippen LogP contribution in [0, 0.1) is 0 Å². The number of aromatic nitrogens is 1. The van der Waals surface area contributed by atoms with Crippen LogP contribution in [0.15, 0.2) is 65.3 Å². The van der Waals surface area contributed by atoms with E-state index < -0.39 is 11.8 Å². The molecular formula is C20H13Cl2N3O3. The van der Waals surface area contributed by atoms with Crippen molar-refractivity contribution in [1.82, 2.24) is 4.98 Å². The van der Waals surface area contributed by atoms with Gasteiger partial charge in [0, 0.05) is 15.9 Å². The van der Waals surface area contributed by atoms with Gasteiger partial charge >= 0.3 is 0 Å². The molecule has 0 spiro atoms. The van der Waals surface area contributed by atoms with Gasteiger partial charge in [-0.25, -0.2) is 0 Å². The second-order valence-electron chi connectivity index (χ2n) is 5.94. The van der Waals surface area contributed by atoms with Gasteiger partial charge in [-0.3, -0.25) is 9.59 Å². The summed E-state index contributed by atoms with van der Waals surface area (Å²) in [6.07, 6.45) is 1.40. The molecule has 140 valence electrons. The quantitative estimate of drug-likeness (QED) is 0.408. The van der Waals surface area contributed by atoms with Crippen LogP contribution in [0.3, 0.4) is 0 Å². The number of anilines is 2. The minimum Gasteiger partial charge on any atom is -0.459 e. The summed E-state index contributed by atoms with van der Waals surface area (Å²) in [5.74, 6) is -0.778. The number of hydrogen-bond acceptors (Lipinski definition) is 3. The fraction of sp³-hybridized carbons (Fsp3) is 0. The van der Waals surface area contributed by atoms with Gasteiger partial charge < -0.3 is 20.0 Å². The topological polar surface area (TPSA) is 87.1 Å². The first-order valence-corrected chi connectivity index (χ1v) is 9.00. The van der Waals surface area contributed by atoms with Gasteiger partial charge in [0.05, 0.1) is 22.7 Å². The number of aromatic amines is 1. The maximum absolute atomic E-state index is 12.8. The van der Waals surface area contributed by atoms with Crippen molar-refractivity contribution in [2.75, 3.05) is 10.6 Å². The first-order chi connectivity index (χ1) is 13.5. The Hall–Kier alpha value is -3.22. The molecule has 4 aromatic rings. The Morgan fingerprint density at radius 1 is 0.893 bits per heavy atom. The lowest BCUT2D eigenvalue weighted by Crippen LogP contribution is -2.17. The zero-order chi connectivity index (χ0) is 19.7. The summed E-state index contributed by atoms with van der Waals surface area (Å²) in [4.78, 5) is 28.0. The first-order valence-electron chi connectivity index (χ1n) is 8.25. The molecule has 8 heteroatoms. The Bertz CT molecular complexity index is 1180. The number of amides is 2. The molecule has 0 unspecified atom stereocenters. The van der Waals surface area contributed by atoms with Crippen LogP contribution in [0.5, 0.6) is 0 Å². The summed E-state index contributed by atoms with van der Waals surface area (Å²) < 4.78 is 5.08. The summed E-state index contributed by atoms with van der Waals surface area (Å²) in [7, 11) is 0.